The molecule has 23 heavy (non-hydrogen) atoms. The molecule has 0 heterocycles. The number of aromatic carboxylic acids is 1. The first-order chi connectivity index (χ1) is 10.6. The second-order valence-corrected chi connectivity index (χ2v) is 4.84. The van der Waals surface area contributed by atoms with Crippen molar-refractivity contribution in [3.05, 3.63) is 60.2 Å². The summed E-state index contributed by atoms with van der Waals surface area (Å²) >= 11 is 0. The number of carboxylic acids is 1. The fraction of sp³-hybridized carbons (Fsp3) is 0. The molecule has 0 bridgehead atoms. The lowest BCUT2D eigenvalue weighted by atomic mass is 10.1. The summed E-state index contributed by atoms with van der Waals surface area (Å²) in [6.45, 7) is 0. The highest BCUT2D eigenvalue weighted by Gasteiger charge is 2.11. The first kappa shape index (κ1) is 16.5. The second-order valence-electron chi connectivity index (χ2n) is 4.84. The molecule has 0 aromatic heterocycles. The van der Waals surface area contributed by atoms with Crippen molar-refractivity contribution < 1.29 is 20.1 Å². The fourth-order valence-corrected chi connectivity index (χ4v) is 2.33. The minimum absolute atomic E-state index is 0. The predicted molar refractivity (Wildman–Crippen MR) is 91.2 cm³/mol. The first-order valence-electron chi connectivity index (χ1n) is 6.60. The third-order valence-electron chi connectivity index (χ3n) is 3.41. The highest BCUT2D eigenvalue weighted by Crippen LogP contribution is 2.33. The van der Waals surface area contributed by atoms with Crippen LogP contribution < -0.4 is 5.32 Å². The van der Waals surface area contributed by atoms with Crippen molar-refractivity contribution in [2.24, 2.45) is 0 Å². The monoisotopic (exact) mass is 331 g/mol. The summed E-state index contributed by atoms with van der Waals surface area (Å²) in [6, 6.07) is 14.9. The highest BCUT2D eigenvalue weighted by molar-refractivity contribution is 5.99. The summed E-state index contributed by atoms with van der Waals surface area (Å²) in [5.74, 6) is -1.30. The van der Waals surface area contributed by atoms with Crippen LogP contribution in [0.4, 0.5) is 11.4 Å². The third kappa shape index (κ3) is 3.14. The zero-order valence-electron chi connectivity index (χ0n) is 11.9. The number of carboxylic acid groups (broad SMARTS) is 1. The SMILES string of the molecule is Cl.O=C(O)c1cc(Nc2ccc(O)c3ccccc23)ccc1O. The molecule has 0 aliphatic carbocycles. The number of phenolic OH excluding ortho intramolecular Hbond substituents is 1. The van der Waals surface area contributed by atoms with E-state index in [1.807, 2.05) is 18.2 Å². The van der Waals surface area contributed by atoms with Gasteiger partial charge >= 0.3 is 5.97 Å². The molecule has 3 aromatic rings. The van der Waals surface area contributed by atoms with Crippen molar-refractivity contribution in [1.29, 1.82) is 0 Å². The quantitative estimate of drug-likeness (QED) is 0.542. The minimum Gasteiger partial charge on any atom is -0.507 e. The van der Waals surface area contributed by atoms with E-state index in [1.54, 1.807) is 24.3 Å². The molecule has 0 atom stereocenters. The van der Waals surface area contributed by atoms with Crippen molar-refractivity contribution in [1.82, 2.24) is 0 Å². The van der Waals surface area contributed by atoms with Crippen LogP contribution in [-0.4, -0.2) is 21.3 Å². The molecule has 4 N–H and O–H groups in total. The number of halogens is 1. The number of hydrogen-bond acceptors (Lipinski definition) is 4. The van der Waals surface area contributed by atoms with Gasteiger partial charge in [0.1, 0.15) is 17.1 Å². The van der Waals surface area contributed by atoms with Gasteiger partial charge in [-0.15, -0.1) is 12.4 Å². The van der Waals surface area contributed by atoms with Crippen molar-refractivity contribution in [3.63, 3.8) is 0 Å². The Bertz CT molecular complexity index is 880. The average Bonchev–Trinajstić information content (AvgIpc) is 2.52. The predicted octanol–water partition coefficient (Wildman–Crippen LogP) is 4.11. The van der Waals surface area contributed by atoms with Crippen molar-refractivity contribution >= 4 is 40.5 Å². The molecule has 6 heteroatoms. The largest absolute Gasteiger partial charge is 0.507 e. The number of phenols is 2. The summed E-state index contributed by atoms with van der Waals surface area (Å²) < 4.78 is 0. The van der Waals surface area contributed by atoms with Gasteiger partial charge in [-0.05, 0) is 30.3 Å². The minimum atomic E-state index is -1.20. The molecule has 5 nitrogen and oxygen atoms in total. The number of aromatic hydroxyl groups is 2. The van der Waals surface area contributed by atoms with Gasteiger partial charge in [0.25, 0.3) is 0 Å². The molecule has 0 saturated heterocycles. The molecule has 0 spiro atoms. The third-order valence-corrected chi connectivity index (χ3v) is 3.41. The maximum absolute atomic E-state index is 11.1. The van der Waals surface area contributed by atoms with Crippen LogP contribution in [0.3, 0.4) is 0 Å². The zero-order chi connectivity index (χ0) is 15.7. The van der Waals surface area contributed by atoms with E-state index in [1.165, 1.54) is 12.1 Å². The van der Waals surface area contributed by atoms with E-state index in [2.05, 4.69) is 5.32 Å². The van der Waals surface area contributed by atoms with Crippen LogP contribution in [0, 0.1) is 0 Å². The molecule has 3 aromatic carbocycles. The molecular weight excluding hydrogens is 318 g/mol. The molecule has 118 valence electrons. The standard InChI is InChI=1S/C17H13NO4.ClH/c19-15-8-6-14(11-3-1-2-4-12(11)15)18-10-5-7-16(20)13(9-10)17(21)22;/h1-9,18-20H,(H,21,22);1H. The van der Waals surface area contributed by atoms with Crippen molar-refractivity contribution in [3.8, 4) is 11.5 Å². The molecule has 0 saturated carbocycles. The summed E-state index contributed by atoms with van der Waals surface area (Å²) in [5.41, 5.74) is 1.09. The molecule has 0 radical (unpaired) electrons. The van der Waals surface area contributed by atoms with E-state index >= 15 is 0 Å². The zero-order valence-corrected chi connectivity index (χ0v) is 12.7. The second kappa shape index (κ2) is 6.46. The van der Waals surface area contributed by atoms with Crippen LogP contribution in [-0.2, 0) is 0 Å². The number of carbonyl (C=O) groups is 1. The van der Waals surface area contributed by atoms with E-state index in [4.69, 9.17) is 5.11 Å². The Hall–Kier alpha value is -2.92. The normalized spacial score (nSPS) is 10.1. The smallest absolute Gasteiger partial charge is 0.339 e. The van der Waals surface area contributed by atoms with Gasteiger partial charge in [-0.3, -0.25) is 0 Å². The molecule has 0 unspecified atom stereocenters. The van der Waals surface area contributed by atoms with Gasteiger partial charge in [-0.25, -0.2) is 4.79 Å². The number of hydrogen-bond donors (Lipinski definition) is 4. The number of rotatable bonds is 3. The molecular formula is C17H14ClNO4. The van der Waals surface area contributed by atoms with E-state index in [-0.39, 0.29) is 29.5 Å². The average molecular weight is 332 g/mol. The van der Waals surface area contributed by atoms with Crippen LogP contribution in [0.1, 0.15) is 10.4 Å². The van der Waals surface area contributed by atoms with Crippen molar-refractivity contribution in [2.45, 2.75) is 0 Å². The highest BCUT2D eigenvalue weighted by atomic mass is 35.5. The lowest BCUT2D eigenvalue weighted by molar-refractivity contribution is 0.0694. The van der Waals surface area contributed by atoms with Gasteiger partial charge < -0.3 is 20.6 Å². The number of nitrogens with one attached hydrogen (secondary N) is 1. The van der Waals surface area contributed by atoms with Gasteiger partial charge in [-0.1, -0.05) is 24.3 Å². The maximum atomic E-state index is 11.1. The van der Waals surface area contributed by atoms with Gasteiger partial charge in [0.2, 0.25) is 0 Å². The Kier molecular flexibility index (Phi) is 4.62. The number of anilines is 2. The number of benzene rings is 3. The lowest BCUT2D eigenvalue weighted by Crippen LogP contribution is -1.99. The fourth-order valence-electron chi connectivity index (χ4n) is 2.33. The first-order valence-corrected chi connectivity index (χ1v) is 6.60. The maximum Gasteiger partial charge on any atom is 0.339 e. The summed E-state index contributed by atoms with van der Waals surface area (Å²) in [6.07, 6.45) is 0. The lowest BCUT2D eigenvalue weighted by Gasteiger charge is -2.12. The van der Waals surface area contributed by atoms with E-state index in [0.717, 1.165) is 11.1 Å². The van der Waals surface area contributed by atoms with E-state index in [9.17, 15) is 15.0 Å². The molecule has 0 amide bonds. The topological polar surface area (TPSA) is 89.8 Å². The summed E-state index contributed by atoms with van der Waals surface area (Å²) in [5, 5.41) is 33.1. The Balaban J connectivity index is 0.00000192. The Morgan fingerprint density at radius 1 is 0.870 bits per heavy atom. The van der Waals surface area contributed by atoms with Gasteiger partial charge in [0, 0.05) is 22.1 Å². The van der Waals surface area contributed by atoms with E-state index in [0.29, 0.717) is 11.1 Å². The number of fused-ring (bicyclic) bond motifs is 1. The van der Waals surface area contributed by atoms with Crippen LogP contribution in [0.15, 0.2) is 54.6 Å². The molecule has 0 aliphatic rings. The van der Waals surface area contributed by atoms with E-state index < -0.39 is 5.97 Å². The van der Waals surface area contributed by atoms with Crippen LogP contribution >= 0.6 is 12.4 Å². The molecule has 3 rings (SSSR count). The van der Waals surface area contributed by atoms with Crippen molar-refractivity contribution in [2.75, 3.05) is 5.32 Å². The Morgan fingerprint density at radius 2 is 1.52 bits per heavy atom. The molecule has 0 aliphatic heterocycles. The van der Waals surface area contributed by atoms with Gasteiger partial charge in [-0.2, -0.15) is 0 Å². The van der Waals surface area contributed by atoms with Crippen LogP contribution in [0.2, 0.25) is 0 Å². The summed E-state index contributed by atoms with van der Waals surface area (Å²) in [4.78, 5) is 11.1. The van der Waals surface area contributed by atoms with Crippen LogP contribution in [0.5, 0.6) is 11.5 Å². The Morgan fingerprint density at radius 3 is 2.22 bits per heavy atom. The van der Waals surface area contributed by atoms with Gasteiger partial charge in [0.05, 0.1) is 0 Å². The Labute approximate surface area is 138 Å². The van der Waals surface area contributed by atoms with Gasteiger partial charge in [0.15, 0.2) is 0 Å². The summed E-state index contributed by atoms with van der Waals surface area (Å²) in [7, 11) is 0. The van der Waals surface area contributed by atoms with Crippen LogP contribution in [0.25, 0.3) is 10.8 Å². The molecule has 0 fully saturated rings.